The Morgan fingerprint density at radius 1 is 1.19 bits per heavy atom. The summed E-state index contributed by atoms with van der Waals surface area (Å²) in [6, 6.07) is 10.6. The lowest BCUT2D eigenvalue weighted by atomic mass is 10.1. The molecule has 0 aliphatic rings. The average Bonchev–Trinajstić information content (AvgIpc) is 2.38. The topological polar surface area (TPSA) is 24.1 Å². The van der Waals surface area contributed by atoms with Gasteiger partial charge < -0.3 is 10.6 Å². The van der Waals surface area contributed by atoms with Crippen molar-refractivity contribution >= 4 is 38.9 Å². The summed E-state index contributed by atoms with van der Waals surface area (Å²) in [4.78, 5) is 0. The molecule has 0 spiro atoms. The Bertz CT molecular complexity index is 664. The van der Waals surface area contributed by atoms with Crippen molar-refractivity contribution in [1.29, 1.82) is 0 Å². The van der Waals surface area contributed by atoms with Crippen LogP contribution in [0.4, 0.5) is 14.5 Å². The van der Waals surface area contributed by atoms with E-state index in [9.17, 15) is 8.78 Å². The lowest BCUT2D eigenvalue weighted by Gasteiger charge is -2.18. The fourth-order valence-electron chi connectivity index (χ4n) is 1.86. The molecular weight excluding hydrogens is 358 g/mol. The van der Waals surface area contributed by atoms with E-state index in [1.165, 1.54) is 12.1 Å². The van der Waals surface area contributed by atoms with Gasteiger partial charge in [0.1, 0.15) is 11.6 Å². The summed E-state index contributed by atoms with van der Waals surface area (Å²) in [5, 5.41) is 6.34. The zero-order valence-corrected chi connectivity index (χ0v) is 13.6. The second kappa shape index (κ2) is 6.95. The molecule has 0 heterocycles. The minimum Gasteiger partial charge on any atom is -0.356 e. The van der Waals surface area contributed by atoms with Crippen molar-refractivity contribution in [2.24, 2.45) is 0 Å². The fraction of sp³-hybridized carbons (Fsp3) is 0.133. The van der Waals surface area contributed by atoms with Gasteiger partial charge in [-0.2, -0.15) is 0 Å². The number of anilines is 1. The number of hydrogen-bond donors (Lipinski definition) is 2. The molecule has 2 N–H and O–H groups in total. The molecule has 0 radical (unpaired) electrons. The van der Waals surface area contributed by atoms with Gasteiger partial charge in [0.25, 0.3) is 0 Å². The molecule has 2 rings (SSSR count). The number of halogens is 3. The van der Waals surface area contributed by atoms with Crippen molar-refractivity contribution in [2.45, 2.75) is 13.0 Å². The van der Waals surface area contributed by atoms with E-state index in [1.807, 2.05) is 24.3 Å². The van der Waals surface area contributed by atoms with E-state index in [0.717, 1.165) is 16.2 Å². The molecular formula is C15H13BrF2N2S. The number of rotatable bonds is 3. The van der Waals surface area contributed by atoms with Crippen molar-refractivity contribution < 1.29 is 8.78 Å². The van der Waals surface area contributed by atoms with E-state index < -0.39 is 11.6 Å². The lowest BCUT2D eigenvalue weighted by molar-refractivity contribution is 0.554. The maximum Gasteiger partial charge on any atom is 0.171 e. The fourth-order valence-corrected chi connectivity index (χ4v) is 2.55. The molecule has 21 heavy (non-hydrogen) atoms. The normalized spacial score (nSPS) is 11.8. The summed E-state index contributed by atoms with van der Waals surface area (Å²) in [6.45, 7) is 1.76. The molecule has 0 aliphatic heterocycles. The van der Waals surface area contributed by atoms with Gasteiger partial charge in [-0.25, -0.2) is 8.78 Å². The number of benzene rings is 2. The Balaban J connectivity index is 2.02. The highest BCUT2D eigenvalue weighted by molar-refractivity contribution is 9.10. The summed E-state index contributed by atoms with van der Waals surface area (Å²) < 4.78 is 27.5. The molecule has 0 fully saturated rings. The summed E-state index contributed by atoms with van der Waals surface area (Å²) in [5.41, 5.74) is 1.17. The monoisotopic (exact) mass is 370 g/mol. The highest BCUT2D eigenvalue weighted by Crippen LogP contribution is 2.19. The van der Waals surface area contributed by atoms with Crippen LogP contribution in [0.15, 0.2) is 46.9 Å². The maximum absolute atomic E-state index is 13.7. The summed E-state index contributed by atoms with van der Waals surface area (Å²) in [7, 11) is 0. The Hall–Kier alpha value is -1.53. The smallest absolute Gasteiger partial charge is 0.171 e. The van der Waals surface area contributed by atoms with Crippen LogP contribution in [0.1, 0.15) is 18.5 Å². The molecule has 2 aromatic rings. The SMILES string of the molecule is C[C@H](NC(=S)Nc1cccc(Br)c1)c1ccc(F)cc1F. The molecule has 0 aliphatic carbocycles. The molecule has 0 aromatic heterocycles. The predicted octanol–water partition coefficient (Wildman–Crippen LogP) is 4.77. The van der Waals surface area contributed by atoms with Gasteiger partial charge in [0.05, 0.1) is 6.04 Å². The summed E-state index contributed by atoms with van der Waals surface area (Å²) in [5.74, 6) is -1.20. The van der Waals surface area contributed by atoms with Gasteiger partial charge in [-0.1, -0.05) is 28.1 Å². The van der Waals surface area contributed by atoms with Crippen molar-refractivity contribution in [3.8, 4) is 0 Å². The van der Waals surface area contributed by atoms with E-state index in [1.54, 1.807) is 6.92 Å². The van der Waals surface area contributed by atoms with E-state index in [2.05, 4.69) is 26.6 Å². The number of thiocarbonyl (C=S) groups is 1. The minimum atomic E-state index is -0.599. The number of hydrogen-bond acceptors (Lipinski definition) is 1. The van der Waals surface area contributed by atoms with Gasteiger partial charge >= 0.3 is 0 Å². The highest BCUT2D eigenvalue weighted by atomic mass is 79.9. The van der Waals surface area contributed by atoms with Gasteiger partial charge in [-0.05, 0) is 43.4 Å². The van der Waals surface area contributed by atoms with E-state index in [0.29, 0.717) is 10.7 Å². The first-order valence-corrected chi connectivity index (χ1v) is 7.44. The zero-order valence-electron chi connectivity index (χ0n) is 11.2. The molecule has 2 nitrogen and oxygen atoms in total. The van der Waals surface area contributed by atoms with Crippen LogP contribution in [0, 0.1) is 11.6 Å². The molecule has 0 bridgehead atoms. The van der Waals surface area contributed by atoms with Gasteiger partial charge in [0.15, 0.2) is 5.11 Å². The molecule has 2 aromatic carbocycles. The average molecular weight is 371 g/mol. The predicted molar refractivity (Wildman–Crippen MR) is 88.3 cm³/mol. The second-order valence-electron chi connectivity index (χ2n) is 4.50. The zero-order chi connectivity index (χ0) is 15.4. The molecule has 6 heteroatoms. The van der Waals surface area contributed by atoms with Crippen LogP contribution in [0.2, 0.25) is 0 Å². The Morgan fingerprint density at radius 3 is 2.62 bits per heavy atom. The highest BCUT2D eigenvalue weighted by Gasteiger charge is 2.12. The third kappa shape index (κ3) is 4.47. The van der Waals surface area contributed by atoms with Crippen LogP contribution in [0.3, 0.4) is 0 Å². The summed E-state index contributed by atoms with van der Waals surface area (Å²) >= 11 is 8.56. The lowest BCUT2D eigenvalue weighted by Crippen LogP contribution is -2.31. The summed E-state index contributed by atoms with van der Waals surface area (Å²) in [6.07, 6.45) is 0. The van der Waals surface area contributed by atoms with Crippen LogP contribution in [-0.4, -0.2) is 5.11 Å². The molecule has 0 unspecified atom stereocenters. The second-order valence-corrected chi connectivity index (χ2v) is 5.82. The molecule has 110 valence electrons. The van der Waals surface area contributed by atoms with Crippen LogP contribution in [0.25, 0.3) is 0 Å². The van der Waals surface area contributed by atoms with Gasteiger partial charge in [-0.15, -0.1) is 0 Å². The van der Waals surface area contributed by atoms with Crippen LogP contribution in [0.5, 0.6) is 0 Å². The Kier molecular flexibility index (Phi) is 5.25. The van der Waals surface area contributed by atoms with Gasteiger partial charge in [-0.3, -0.25) is 0 Å². The van der Waals surface area contributed by atoms with E-state index in [4.69, 9.17) is 12.2 Å². The third-order valence-corrected chi connectivity index (χ3v) is 3.57. The minimum absolute atomic E-state index is 0.356. The standard InChI is InChI=1S/C15H13BrF2N2S/c1-9(13-6-5-11(17)8-14(13)18)19-15(21)20-12-4-2-3-10(16)7-12/h2-9H,1H3,(H2,19,20,21)/t9-/m0/s1. The Morgan fingerprint density at radius 2 is 1.95 bits per heavy atom. The first kappa shape index (κ1) is 15.9. The quantitative estimate of drug-likeness (QED) is 0.760. The molecule has 0 saturated heterocycles. The van der Waals surface area contributed by atoms with Gasteiger partial charge in [0, 0.05) is 21.8 Å². The number of nitrogens with one attached hydrogen (secondary N) is 2. The van der Waals surface area contributed by atoms with Gasteiger partial charge in [0.2, 0.25) is 0 Å². The van der Waals surface area contributed by atoms with Crippen molar-refractivity contribution in [3.05, 3.63) is 64.1 Å². The molecule has 0 amide bonds. The largest absolute Gasteiger partial charge is 0.356 e. The molecule has 1 atom stereocenters. The van der Waals surface area contributed by atoms with Crippen molar-refractivity contribution in [3.63, 3.8) is 0 Å². The van der Waals surface area contributed by atoms with Crippen LogP contribution >= 0.6 is 28.1 Å². The maximum atomic E-state index is 13.7. The first-order chi connectivity index (χ1) is 9.95. The van der Waals surface area contributed by atoms with Crippen molar-refractivity contribution in [1.82, 2.24) is 5.32 Å². The molecule has 0 saturated carbocycles. The van der Waals surface area contributed by atoms with E-state index in [-0.39, 0.29) is 6.04 Å². The van der Waals surface area contributed by atoms with Crippen molar-refractivity contribution in [2.75, 3.05) is 5.32 Å². The first-order valence-electron chi connectivity index (χ1n) is 6.24. The third-order valence-electron chi connectivity index (χ3n) is 2.86. The Labute approximate surface area is 135 Å². The van der Waals surface area contributed by atoms with E-state index >= 15 is 0 Å². The van der Waals surface area contributed by atoms with Crippen LogP contribution < -0.4 is 10.6 Å². The van der Waals surface area contributed by atoms with Crippen LogP contribution in [-0.2, 0) is 0 Å².